The Hall–Kier alpha value is -4.20. The van der Waals surface area contributed by atoms with Gasteiger partial charge in [0.15, 0.2) is 5.72 Å². The summed E-state index contributed by atoms with van der Waals surface area (Å²) in [4.78, 5) is 32.5. The molecule has 190 valence electrons. The Labute approximate surface area is 216 Å². The molecule has 37 heavy (non-hydrogen) atoms. The van der Waals surface area contributed by atoms with Crippen molar-refractivity contribution in [3.05, 3.63) is 83.9 Å². The lowest BCUT2D eigenvalue weighted by molar-refractivity contribution is 0.0378. The summed E-state index contributed by atoms with van der Waals surface area (Å²) >= 11 is 0. The lowest BCUT2D eigenvalue weighted by Gasteiger charge is -2.50. The van der Waals surface area contributed by atoms with Crippen molar-refractivity contribution in [2.24, 2.45) is 0 Å². The monoisotopic (exact) mass is 498 g/mol. The highest BCUT2D eigenvalue weighted by molar-refractivity contribution is 5.99. The van der Waals surface area contributed by atoms with Gasteiger partial charge in [0, 0.05) is 43.7 Å². The van der Waals surface area contributed by atoms with Gasteiger partial charge in [-0.05, 0) is 43.3 Å². The second-order valence-electron chi connectivity index (χ2n) is 9.86. The average molecular weight is 499 g/mol. The van der Waals surface area contributed by atoms with Gasteiger partial charge in [0.2, 0.25) is 0 Å². The lowest BCUT2D eigenvalue weighted by Crippen LogP contribution is -2.65. The molecule has 3 heterocycles. The second-order valence-corrected chi connectivity index (χ2v) is 9.86. The normalized spacial score (nSPS) is 22.6. The lowest BCUT2D eigenvalue weighted by atomic mass is 9.90. The van der Waals surface area contributed by atoms with Crippen molar-refractivity contribution in [3.8, 4) is 11.5 Å². The van der Waals surface area contributed by atoms with Crippen molar-refractivity contribution in [3.63, 3.8) is 0 Å². The molecule has 3 aliphatic heterocycles. The van der Waals surface area contributed by atoms with Gasteiger partial charge >= 0.3 is 6.03 Å². The van der Waals surface area contributed by atoms with E-state index in [0.717, 1.165) is 22.7 Å². The summed E-state index contributed by atoms with van der Waals surface area (Å²) in [7, 11) is 1.67. The molecule has 0 spiro atoms. The average Bonchev–Trinajstić information content (AvgIpc) is 2.92. The highest BCUT2D eigenvalue weighted by Gasteiger charge is 2.49. The van der Waals surface area contributed by atoms with E-state index in [1.165, 1.54) is 0 Å². The van der Waals surface area contributed by atoms with Crippen molar-refractivity contribution in [1.82, 2.24) is 10.2 Å². The van der Waals surface area contributed by atoms with Crippen LogP contribution < -0.4 is 24.6 Å². The van der Waals surface area contributed by atoms with Crippen LogP contribution in [0.15, 0.2) is 72.8 Å². The summed E-state index contributed by atoms with van der Waals surface area (Å²) in [6, 6.07) is 22.7. The zero-order valence-corrected chi connectivity index (χ0v) is 21.0. The maximum Gasteiger partial charge on any atom is 0.325 e. The number of nitrogens with one attached hydrogen (secondary N) is 1. The Morgan fingerprint density at radius 1 is 1.00 bits per heavy atom. The molecule has 0 saturated carbocycles. The van der Waals surface area contributed by atoms with Gasteiger partial charge in [-0.3, -0.25) is 9.69 Å². The minimum Gasteiger partial charge on any atom is -0.495 e. The van der Waals surface area contributed by atoms with Gasteiger partial charge in [0.1, 0.15) is 11.5 Å². The van der Waals surface area contributed by atoms with Gasteiger partial charge in [-0.2, -0.15) is 0 Å². The van der Waals surface area contributed by atoms with Crippen molar-refractivity contribution in [2.75, 3.05) is 43.1 Å². The molecule has 1 N–H and O–H groups in total. The molecule has 3 aromatic rings. The molecule has 2 saturated heterocycles. The third-order valence-corrected chi connectivity index (χ3v) is 7.52. The number of rotatable bonds is 4. The fourth-order valence-corrected chi connectivity index (χ4v) is 5.72. The molecular formula is C29H30N4O4. The highest BCUT2D eigenvalue weighted by atomic mass is 16.5. The van der Waals surface area contributed by atoms with Crippen LogP contribution in [-0.2, 0) is 0 Å². The van der Waals surface area contributed by atoms with Gasteiger partial charge in [-0.1, -0.05) is 36.4 Å². The van der Waals surface area contributed by atoms with E-state index in [4.69, 9.17) is 9.47 Å². The van der Waals surface area contributed by atoms with Crippen LogP contribution in [-0.4, -0.2) is 55.9 Å². The summed E-state index contributed by atoms with van der Waals surface area (Å²) in [5.74, 6) is 1.56. The van der Waals surface area contributed by atoms with Crippen LogP contribution in [0, 0.1) is 0 Å². The van der Waals surface area contributed by atoms with Crippen molar-refractivity contribution < 1.29 is 19.1 Å². The summed E-state index contributed by atoms with van der Waals surface area (Å²) in [6.07, 6.45) is 0.610. The van der Waals surface area contributed by atoms with Crippen molar-refractivity contribution in [1.29, 1.82) is 0 Å². The number of amides is 3. The first kappa shape index (κ1) is 23.2. The van der Waals surface area contributed by atoms with Crippen LogP contribution >= 0.6 is 0 Å². The Kier molecular flexibility index (Phi) is 5.67. The van der Waals surface area contributed by atoms with E-state index in [9.17, 15) is 9.59 Å². The molecule has 0 radical (unpaired) electrons. The van der Waals surface area contributed by atoms with Crippen LogP contribution in [0.1, 0.15) is 35.3 Å². The zero-order chi connectivity index (χ0) is 25.6. The van der Waals surface area contributed by atoms with Crippen LogP contribution in [0.5, 0.6) is 11.5 Å². The van der Waals surface area contributed by atoms with E-state index in [-0.39, 0.29) is 18.0 Å². The maximum absolute atomic E-state index is 13.5. The molecule has 2 bridgehead atoms. The number of fused-ring (bicyclic) bond motifs is 4. The van der Waals surface area contributed by atoms with Crippen LogP contribution in [0.4, 0.5) is 16.2 Å². The summed E-state index contributed by atoms with van der Waals surface area (Å²) in [5.41, 5.74) is 2.36. The standard InChI is InChI=1S/C29H30N4O4/c1-29-19-23(22-10-3-5-12-25(22)37-29)30-28(35)33(29)21-9-7-8-20(18-21)27(34)32-16-14-31(15-17-32)24-11-4-6-13-26(24)36-2/h3-13,18,23H,14-17,19H2,1-2H3,(H,30,35)/t23-,29+/m1/s1. The third kappa shape index (κ3) is 4.02. The van der Waals surface area contributed by atoms with Gasteiger partial charge < -0.3 is 24.6 Å². The summed E-state index contributed by atoms with van der Waals surface area (Å²) < 4.78 is 11.9. The number of carbonyl (C=O) groups excluding carboxylic acids is 2. The van der Waals surface area contributed by atoms with Gasteiger partial charge in [0.25, 0.3) is 5.91 Å². The number of benzene rings is 3. The SMILES string of the molecule is COc1ccccc1N1CCN(C(=O)c2cccc(N3C(=O)N[C@@H]4C[C@]3(C)Oc3ccccc34)c2)CC1. The van der Waals surface area contributed by atoms with Crippen LogP contribution in [0.25, 0.3) is 0 Å². The first-order chi connectivity index (χ1) is 18.0. The topological polar surface area (TPSA) is 74.4 Å². The molecular weight excluding hydrogens is 468 g/mol. The van der Waals surface area contributed by atoms with E-state index in [0.29, 0.717) is 43.9 Å². The molecule has 6 rings (SSSR count). The fraction of sp³-hybridized carbons (Fsp3) is 0.310. The first-order valence-electron chi connectivity index (χ1n) is 12.6. The summed E-state index contributed by atoms with van der Waals surface area (Å²) in [5, 5.41) is 3.12. The second kappa shape index (κ2) is 9.03. The number of para-hydroxylation sites is 3. The third-order valence-electron chi connectivity index (χ3n) is 7.52. The molecule has 2 atom stereocenters. The Morgan fingerprint density at radius 3 is 2.57 bits per heavy atom. The number of carbonyl (C=O) groups is 2. The van der Waals surface area contributed by atoms with Crippen molar-refractivity contribution in [2.45, 2.75) is 25.1 Å². The van der Waals surface area contributed by atoms with Crippen LogP contribution in [0.2, 0.25) is 0 Å². The smallest absolute Gasteiger partial charge is 0.325 e. The Morgan fingerprint density at radius 2 is 1.76 bits per heavy atom. The fourth-order valence-electron chi connectivity index (χ4n) is 5.72. The number of methoxy groups -OCH3 is 1. The maximum atomic E-state index is 13.5. The van der Waals surface area contributed by atoms with Crippen molar-refractivity contribution >= 4 is 23.3 Å². The number of hydrogen-bond donors (Lipinski definition) is 1. The number of piperazine rings is 1. The van der Waals surface area contributed by atoms with E-state index in [1.54, 1.807) is 18.1 Å². The highest BCUT2D eigenvalue weighted by Crippen LogP contribution is 2.45. The molecule has 8 heteroatoms. The number of hydrogen-bond acceptors (Lipinski definition) is 5. The molecule has 3 aromatic carbocycles. The minimum atomic E-state index is -0.858. The largest absolute Gasteiger partial charge is 0.495 e. The molecule has 8 nitrogen and oxygen atoms in total. The number of nitrogens with zero attached hydrogens (tertiary/aromatic N) is 3. The van der Waals surface area contributed by atoms with E-state index in [2.05, 4.69) is 10.2 Å². The first-order valence-corrected chi connectivity index (χ1v) is 12.6. The number of ether oxygens (including phenoxy) is 2. The number of anilines is 2. The Bertz CT molecular complexity index is 1350. The number of urea groups is 1. The van der Waals surface area contributed by atoms with E-state index < -0.39 is 5.72 Å². The van der Waals surface area contributed by atoms with E-state index >= 15 is 0 Å². The molecule has 0 aliphatic carbocycles. The van der Waals surface area contributed by atoms with Gasteiger partial charge in [-0.25, -0.2) is 4.79 Å². The molecule has 0 unspecified atom stereocenters. The molecule has 3 aliphatic rings. The minimum absolute atomic E-state index is 0.0446. The molecule has 3 amide bonds. The van der Waals surface area contributed by atoms with E-state index in [1.807, 2.05) is 78.6 Å². The molecule has 2 fully saturated rings. The van der Waals surface area contributed by atoms with Gasteiger partial charge in [-0.15, -0.1) is 0 Å². The molecule has 0 aromatic heterocycles. The quantitative estimate of drug-likeness (QED) is 0.576. The van der Waals surface area contributed by atoms with Crippen LogP contribution in [0.3, 0.4) is 0 Å². The summed E-state index contributed by atoms with van der Waals surface area (Å²) in [6.45, 7) is 4.57. The predicted octanol–water partition coefficient (Wildman–Crippen LogP) is 4.43. The van der Waals surface area contributed by atoms with Gasteiger partial charge in [0.05, 0.1) is 24.5 Å². The Balaban J connectivity index is 1.20. The zero-order valence-electron chi connectivity index (χ0n) is 21.0. The predicted molar refractivity (Wildman–Crippen MR) is 141 cm³/mol.